The van der Waals surface area contributed by atoms with Gasteiger partial charge in [0, 0.05) is 35.2 Å². The molecular formula is C44H33N3. The molecule has 0 saturated heterocycles. The van der Waals surface area contributed by atoms with Crippen molar-refractivity contribution in [3.8, 4) is 22.3 Å². The zero-order valence-corrected chi connectivity index (χ0v) is 26.4. The maximum absolute atomic E-state index is 8.77. The van der Waals surface area contributed by atoms with Crippen molar-refractivity contribution in [1.29, 1.82) is 5.41 Å². The Morgan fingerprint density at radius 1 is 0.574 bits per heavy atom. The summed E-state index contributed by atoms with van der Waals surface area (Å²) >= 11 is 0. The molecule has 0 atom stereocenters. The van der Waals surface area contributed by atoms with Crippen LogP contribution >= 0.6 is 0 Å². The largest absolute Gasteiger partial charge is 0.300 e. The molecule has 0 unspecified atom stereocenters. The molecule has 6 aromatic carbocycles. The van der Waals surface area contributed by atoms with Gasteiger partial charge in [-0.1, -0.05) is 135 Å². The van der Waals surface area contributed by atoms with Crippen LogP contribution in [-0.4, -0.2) is 16.9 Å². The van der Waals surface area contributed by atoms with E-state index >= 15 is 0 Å². The van der Waals surface area contributed by atoms with Gasteiger partial charge in [0.15, 0.2) is 0 Å². The van der Waals surface area contributed by atoms with Crippen molar-refractivity contribution in [2.24, 2.45) is 4.99 Å². The summed E-state index contributed by atoms with van der Waals surface area (Å²) in [6.45, 7) is 4.74. The molecule has 7 aromatic rings. The van der Waals surface area contributed by atoms with Crippen LogP contribution in [0.2, 0.25) is 0 Å². The molecule has 0 bridgehead atoms. The van der Waals surface area contributed by atoms with E-state index in [-0.39, 0.29) is 5.41 Å². The number of fused-ring (bicyclic) bond motifs is 6. The van der Waals surface area contributed by atoms with Gasteiger partial charge in [-0.05, 0) is 78.7 Å². The van der Waals surface area contributed by atoms with E-state index < -0.39 is 0 Å². The van der Waals surface area contributed by atoms with E-state index in [1.54, 1.807) is 12.4 Å². The Balaban J connectivity index is 1.25. The molecule has 0 aliphatic heterocycles. The van der Waals surface area contributed by atoms with E-state index in [1.165, 1.54) is 49.5 Å². The quantitative estimate of drug-likeness (QED) is 0.189. The number of hydrogen-bond acceptors (Lipinski definition) is 3. The van der Waals surface area contributed by atoms with Crippen molar-refractivity contribution in [2.45, 2.75) is 19.3 Å². The van der Waals surface area contributed by atoms with Crippen molar-refractivity contribution < 1.29 is 0 Å². The summed E-state index contributed by atoms with van der Waals surface area (Å²) in [5, 5.41) is 13.7. The molecule has 0 fully saturated rings. The second-order valence-corrected chi connectivity index (χ2v) is 12.6. The third-order valence-electron chi connectivity index (χ3n) is 9.47. The molecule has 0 radical (unpaired) electrons. The molecule has 0 amide bonds. The molecule has 1 aliphatic rings. The van der Waals surface area contributed by atoms with Gasteiger partial charge in [0.2, 0.25) is 0 Å². The van der Waals surface area contributed by atoms with Crippen molar-refractivity contribution in [1.82, 2.24) is 4.98 Å². The summed E-state index contributed by atoms with van der Waals surface area (Å²) in [5.41, 5.74) is 11.6. The zero-order chi connectivity index (χ0) is 32.0. The predicted octanol–water partition coefficient (Wildman–Crippen LogP) is 10.9. The molecule has 1 aromatic heterocycles. The SMILES string of the molecule is CC1(C)c2c(cccc2-c2ccc(C=N/C(=C\C(=N)c3ccccc3)c3ccncc3)c3ccccc23)-c2ccc3ccccc3c21. The fraction of sp³-hybridized carbons (Fsp3) is 0.0682. The molecule has 1 N–H and O–H groups in total. The average molecular weight is 604 g/mol. The van der Waals surface area contributed by atoms with Gasteiger partial charge in [0.25, 0.3) is 0 Å². The Morgan fingerprint density at radius 2 is 1.21 bits per heavy atom. The van der Waals surface area contributed by atoms with E-state index in [1.807, 2.05) is 54.8 Å². The van der Waals surface area contributed by atoms with Crippen LogP contribution in [0.5, 0.6) is 0 Å². The lowest BCUT2D eigenvalue weighted by molar-refractivity contribution is 0.668. The van der Waals surface area contributed by atoms with Crippen LogP contribution in [0.15, 0.2) is 157 Å². The Labute approximate surface area is 275 Å². The molecular weight excluding hydrogens is 571 g/mol. The molecule has 3 nitrogen and oxygen atoms in total. The van der Waals surface area contributed by atoms with E-state index in [4.69, 9.17) is 10.4 Å². The molecule has 224 valence electrons. The van der Waals surface area contributed by atoms with Gasteiger partial charge in [0.1, 0.15) is 0 Å². The summed E-state index contributed by atoms with van der Waals surface area (Å²) in [6, 6.07) is 46.7. The molecule has 8 rings (SSSR count). The summed E-state index contributed by atoms with van der Waals surface area (Å²) in [7, 11) is 0. The predicted molar refractivity (Wildman–Crippen MR) is 198 cm³/mol. The number of nitrogens with zero attached hydrogens (tertiary/aromatic N) is 2. The molecule has 3 heteroatoms. The van der Waals surface area contributed by atoms with Crippen molar-refractivity contribution >= 4 is 39.2 Å². The zero-order valence-electron chi connectivity index (χ0n) is 26.4. The summed E-state index contributed by atoms with van der Waals surface area (Å²) < 4.78 is 0. The van der Waals surface area contributed by atoms with Gasteiger partial charge in [0.05, 0.1) is 11.4 Å². The van der Waals surface area contributed by atoms with Gasteiger partial charge in [-0.25, -0.2) is 0 Å². The van der Waals surface area contributed by atoms with Crippen molar-refractivity contribution in [3.63, 3.8) is 0 Å². The summed E-state index contributed by atoms with van der Waals surface area (Å²) in [5.74, 6) is 0. The Hall–Kier alpha value is -5.93. The van der Waals surface area contributed by atoms with Crippen LogP contribution in [0.25, 0.3) is 49.5 Å². The highest BCUT2D eigenvalue weighted by Gasteiger charge is 2.39. The highest BCUT2D eigenvalue weighted by atomic mass is 14.7. The number of pyridine rings is 1. The number of hydrogen-bond donors (Lipinski definition) is 1. The van der Waals surface area contributed by atoms with E-state index in [0.717, 1.165) is 22.1 Å². The van der Waals surface area contributed by atoms with E-state index in [0.29, 0.717) is 11.4 Å². The Bertz CT molecular complexity index is 2380. The highest BCUT2D eigenvalue weighted by Crippen LogP contribution is 2.54. The van der Waals surface area contributed by atoms with Crippen LogP contribution in [0.1, 0.15) is 41.7 Å². The van der Waals surface area contributed by atoms with E-state index in [9.17, 15) is 0 Å². The van der Waals surface area contributed by atoms with Gasteiger partial charge < -0.3 is 5.41 Å². The topological polar surface area (TPSA) is 49.1 Å². The number of nitrogens with one attached hydrogen (secondary N) is 1. The van der Waals surface area contributed by atoms with Crippen LogP contribution in [-0.2, 0) is 5.41 Å². The lowest BCUT2D eigenvalue weighted by Gasteiger charge is -2.26. The minimum Gasteiger partial charge on any atom is -0.300 e. The summed E-state index contributed by atoms with van der Waals surface area (Å²) in [6.07, 6.45) is 7.28. The fourth-order valence-corrected chi connectivity index (χ4v) is 7.33. The van der Waals surface area contributed by atoms with Gasteiger partial charge in [-0.2, -0.15) is 0 Å². The lowest BCUT2D eigenvalue weighted by atomic mass is 9.77. The first-order valence-corrected chi connectivity index (χ1v) is 16.0. The Kier molecular flexibility index (Phi) is 6.96. The normalized spacial score (nSPS) is 13.6. The maximum Gasteiger partial charge on any atom is 0.0724 e. The number of aromatic nitrogens is 1. The first kappa shape index (κ1) is 28.5. The minimum atomic E-state index is -0.170. The van der Waals surface area contributed by atoms with Gasteiger partial charge in [-0.15, -0.1) is 0 Å². The molecule has 47 heavy (non-hydrogen) atoms. The standard InChI is InChI=1S/C44H33N3/c1-44(2)42-34-15-7-6-11-29(34)19-22-39(42)38-18-10-17-37(43(38)44)36-21-20-32(33-14-8-9-16-35(33)36)28-47-41(31-23-25-46-26-24-31)27-40(45)30-12-4-3-5-13-30/h3-28,45H,1-2H3/b41-27-,45-40?,47-28?. The molecule has 1 aliphatic carbocycles. The lowest BCUT2D eigenvalue weighted by Crippen LogP contribution is -2.17. The number of allylic oxidation sites excluding steroid dienone is 1. The number of rotatable bonds is 6. The third-order valence-corrected chi connectivity index (χ3v) is 9.47. The van der Waals surface area contributed by atoms with Gasteiger partial charge in [-0.3, -0.25) is 9.98 Å². The smallest absolute Gasteiger partial charge is 0.0724 e. The first-order chi connectivity index (χ1) is 23.0. The number of benzene rings is 6. The van der Waals surface area contributed by atoms with Crippen LogP contribution in [0, 0.1) is 5.41 Å². The van der Waals surface area contributed by atoms with Crippen LogP contribution in [0.3, 0.4) is 0 Å². The number of aliphatic imine (C=N–C) groups is 1. The third kappa shape index (κ3) is 4.88. The maximum atomic E-state index is 8.77. The van der Waals surface area contributed by atoms with Gasteiger partial charge >= 0.3 is 0 Å². The molecule has 0 saturated carbocycles. The van der Waals surface area contributed by atoms with Crippen molar-refractivity contribution in [2.75, 3.05) is 0 Å². The monoisotopic (exact) mass is 603 g/mol. The van der Waals surface area contributed by atoms with Crippen molar-refractivity contribution in [3.05, 3.63) is 180 Å². The fourth-order valence-electron chi connectivity index (χ4n) is 7.33. The highest BCUT2D eigenvalue weighted by molar-refractivity contribution is 6.12. The molecule has 0 spiro atoms. The van der Waals surface area contributed by atoms with E-state index in [2.05, 4.69) is 110 Å². The Morgan fingerprint density at radius 3 is 2.00 bits per heavy atom. The second-order valence-electron chi connectivity index (χ2n) is 12.6. The second kappa shape index (κ2) is 11.5. The summed E-state index contributed by atoms with van der Waals surface area (Å²) in [4.78, 5) is 9.18. The molecule has 1 heterocycles. The van der Waals surface area contributed by atoms with Crippen LogP contribution in [0.4, 0.5) is 0 Å². The first-order valence-electron chi connectivity index (χ1n) is 16.0. The minimum absolute atomic E-state index is 0.170. The average Bonchev–Trinajstić information content (AvgIpc) is 3.37. The van der Waals surface area contributed by atoms with Crippen LogP contribution < -0.4 is 0 Å².